The fourth-order valence-electron chi connectivity index (χ4n) is 1.67. The highest BCUT2D eigenvalue weighted by molar-refractivity contribution is 8.13. The van der Waals surface area contributed by atoms with Gasteiger partial charge in [-0.15, -0.1) is 0 Å². The molecule has 1 heterocycles. The van der Waals surface area contributed by atoms with Gasteiger partial charge in [-0.05, 0) is 26.3 Å². The second-order valence-electron chi connectivity index (χ2n) is 4.04. The van der Waals surface area contributed by atoms with Gasteiger partial charge in [-0.2, -0.15) is 0 Å². The van der Waals surface area contributed by atoms with Gasteiger partial charge in [0.25, 0.3) is 15.0 Å². The van der Waals surface area contributed by atoms with Crippen LogP contribution in [0.25, 0.3) is 0 Å². The molecule has 7 heteroatoms. The van der Waals surface area contributed by atoms with Crippen molar-refractivity contribution < 1.29 is 13.2 Å². The zero-order chi connectivity index (χ0) is 13.9. The molecule has 1 N–H and O–H groups in total. The molecule has 1 atom stereocenters. The van der Waals surface area contributed by atoms with Crippen molar-refractivity contribution in [2.45, 2.75) is 38.1 Å². The van der Waals surface area contributed by atoms with E-state index in [0.717, 1.165) is 6.42 Å². The molecule has 1 unspecified atom stereocenters. The van der Waals surface area contributed by atoms with Gasteiger partial charge in [0.05, 0.1) is 0 Å². The Morgan fingerprint density at radius 1 is 1.50 bits per heavy atom. The van der Waals surface area contributed by atoms with Crippen LogP contribution in [0.3, 0.4) is 0 Å². The van der Waals surface area contributed by atoms with Crippen LogP contribution in [0.15, 0.2) is 17.2 Å². The van der Waals surface area contributed by atoms with Gasteiger partial charge in [-0.1, -0.05) is 6.92 Å². The van der Waals surface area contributed by atoms with E-state index in [0.29, 0.717) is 6.54 Å². The van der Waals surface area contributed by atoms with E-state index in [1.807, 2.05) is 20.8 Å². The third-order valence-corrected chi connectivity index (χ3v) is 4.23. The van der Waals surface area contributed by atoms with Gasteiger partial charge in [0.2, 0.25) is 0 Å². The number of carbonyl (C=O) groups is 1. The van der Waals surface area contributed by atoms with Crippen LogP contribution in [-0.4, -0.2) is 36.8 Å². The summed E-state index contributed by atoms with van der Waals surface area (Å²) >= 11 is 0. The molecule has 1 aromatic rings. The van der Waals surface area contributed by atoms with Crippen molar-refractivity contribution in [1.82, 2.24) is 9.88 Å². The fourth-order valence-corrected chi connectivity index (χ4v) is 2.39. The van der Waals surface area contributed by atoms with Crippen LogP contribution in [0.1, 0.15) is 37.7 Å². The number of aromatic nitrogens is 1. The summed E-state index contributed by atoms with van der Waals surface area (Å²) in [4.78, 5) is 16.4. The van der Waals surface area contributed by atoms with Gasteiger partial charge in [0.1, 0.15) is 10.6 Å². The maximum Gasteiger partial charge on any atom is 0.270 e. The first-order valence-corrected chi connectivity index (χ1v) is 8.06. The SMILES string of the molecule is CCC(C)N(CC)C(=O)c1cc(S(=O)(=O)Cl)c[nH]1. The molecule has 18 heavy (non-hydrogen) atoms. The number of carbonyl (C=O) groups excluding carboxylic acids is 1. The third kappa shape index (κ3) is 3.26. The van der Waals surface area contributed by atoms with Crippen molar-refractivity contribution in [1.29, 1.82) is 0 Å². The first-order chi connectivity index (χ1) is 8.31. The molecule has 0 fully saturated rings. The molecular formula is C11H17ClN2O3S. The van der Waals surface area contributed by atoms with E-state index in [2.05, 4.69) is 4.98 Å². The molecule has 0 radical (unpaired) electrons. The lowest BCUT2D eigenvalue weighted by molar-refractivity contribution is 0.0694. The van der Waals surface area contributed by atoms with Gasteiger partial charge in [0.15, 0.2) is 0 Å². The number of aromatic amines is 1. The number of hydrogen-bond acceptors (Lipinski definition) is 3. The maximum atomic E-state index is 12.2. The maximum absolute atomic E-state index is 12.2. The standard InChI is InChI=1S/C11H17ClN2O3S/c1-4-8(3)14(5-2)11(15)10-6-9(7-13-10)18(12,16)17/h6-8,13H,4-5H2,1-3H3. The minimum atomic E-state index is -3.80. The number of nitrogens with one attached hydrogen (secondary N) is 1. The predicted molar refractivity (Wildman–Crippen MR) is 70.3 cm³/mol. The van der Waals surface area contributed by atoms with Crippen molar-refractivity contribution in [3.05, 3.63) is 18.0 Å². The molecule has 0 saturated heterocycles. The third-order valence-electron chi connectivity index (χ3n) is 2.89. The van der Waals surface area contributed by atoms with Gasteiger partial charge >= 0.3 is 0 Å². The summed E-state index contributed by atoms with van der Waals surface area (Å²) in [6.45, 7) is 6.38. The first kappa shape index (κ1) is 15.0. The second-order valence-corrected chi connectivity index (χ2v) is 6.60. The summed E-state index contributed by atoms with van der Waals surface area (Å²) in [5.74, 6) is -0.224. The zero-order valence-electron chi connectivity index (χ0n) is 10.6. The summed E-state index contributed by atoms with van der Waals surface area (Å²) in [5.41, 5.74) is 0.233. The average molecular weight is 293 g/mol. The van der Waals surface area contributed by atoms with Gasteiger partial charge < -0.3 is 9.88 Å². The lowest BCUT2D eigenvalue weighted by Gasteiger charge is -2.26. The Bertz CT molecular complexity index is 524. The molecule has 0 bridgehead atoms. The van der Waals surface area contributed by atoms with E-state index in [1.165, 1.54) is 12.3 Å². The molecule has 0 aliphatic carbocycles. The average Bonchev–Trinajstić information content (AvgIpc) is 2.78. The van der Waals surface area contributed by atoms with Crippen LogP contribution in [-0.2, 0) is 9.05 Å². The Labute approximate surface area is 112 Å². The predicted octanol–water partition coefficient (Wildman–Crippen LogP) is 2.20. The summed E-state index contributed by atoms with van der Waals surface area (Å²) in [5, 5.41) is 0. The van der Waals surface area contributed by atoms with Gasteiger partial charge in [-0.3, -0.25) is 4.79 Å². The van der Waals surface area contributed by atoms with Crippen molar-refractivity contribution in [2.24, 2.45) is 0 Å². The molecular weight excluding hydrogens is 276 g/mol. The number of rotatable bonds is 5. The normalized spacial score (nSPS) is 13.3. The lowest BCUT2D eigenvalue weighted by atomic mass is 10.2. The molecule has 0 aliphatic rings. The highest BCUT2D eigenvalue weighted by Crippen LogP contribution is 2.17. The lowest BCUT2D eigenvalue weighted by Crippen LogP contribution is -2.38. The fraction of sp³-hybridized carbons (Fsp3) is 0.545. The Morgan fingerprint density at radius 2 is 2.11 bits per heavy atom. The smallest absolute Gasteiger partial charge is 0.270 e. The van der Waals surface area contributed by atoms with Crippen LogP contribution < -0.4 is 0 Å². The van der Waals surface area contributed by atoms with Crippen LogP contribution in [0.4, 0.5) is 0 Å². The summed E-state index contributed by atoms with van der Waals surface area (Å²) in [6.07, 6.45) is 2.06. The number of amides is 1. The zero-order valence-corrected chi connectivity index (χ0v) is 12.2. The number of nitrogens with zero attached hydrogens (tertiary/aromatic N) is 1. The topological polar surface area (TPSA) is 70.2 Å². The monoisotopic (exact) mass is 292 g/mol. The summed E-state index contributed by atoms with van der Waals surface area (Å²) in [6, 6.07) is 1.36. The summed E-state index contributed by atoms with van der Waals surface area (Å²) in [7, 11) is 1.40. The minimum absolute atomic E-state index is 0.0901. The molecule has 0 saturated carbocycles. The van der Waals surface area contributed by atoms with E-state index >= 15 is 0 Å². The molecule has 1 aromatic heterocycles. The molecule has 0 aliphatic heterocycles. The number of halogens is 1. The molecule has 0 spiro atoms. The van der Waals surface area contributed by atoms with E-state index in [-0.39, 0.29) is 22.5 Å². The van der Waals surface area contributed by atoms with Crippen molar-refractivity contribution >= 4 is 25.6 Å². The van der Waals surface area contributed by atoms with Crippen molar-refractivity contribution in [3.8, 4) is 0 Å². The van der Waals surface area contributed by atoms with E-state index in [4.69, 9.17) is 10.7 Å². The first-order valence-electron chi connectivity index (χ1n) is 5.75. The van der Waals surface area contributed by atoms with Crippen molar-refractivity contribution in [2.75, 3.05) is 6.54 Å². The molecule has 1 rings (SSSR count). The highest BCUT2D eigenvalue weighted by atomic mass is 35.7. The molecule has 102 valence electrons. The number of H-pyrrole nitrogens is 1. The van der Waals surface area contributed by atoms with Crippen molar-refractivity contribution in [3.63, 3.8) is 0 Å². The van der Waals surface area contributed by atoms with E-state index in [1.54, 1.807) is 4.90 Å². The van der Waals surface area contributed by atoms with Crippen LogP contribution in [0.2, 0.25) is 0 Å². The van der Waals surface area contributed by atoms with Gasteiger partial charge in [0, 0.05) is 29.5 Å². The quantitative estimate of drug-likeness (QED) is 0.846. The summed E-state index contributed by atoms with van der Waals surface area (Å²) < 4.78 is 22.2. The van der Waals surface area contributed by atoms with Crippen LogP contribution in [0.5, 0.6) is 0 Å². The number of hydrogen-bond donors (Lipinski definition) is 1. The molecule has 1 amide bonds. The Balaban J connectivity index is 3.00. The Kier molecular flexibility index (Phi) is 4.81. The molecule has 0 aromatic carbocycles. The Hall–Kier alpha value is -1.01. The van der Waals surface area contributed by atoms with Crippen LogP contribution >= 0.6 is 10.7 Å². The van der Waals surface area contributed by atoms with Crippen LogP contribution in [0, 0.1) is 0 Å². The Morgan fingerprint density at radius 3 is 2.50 bits per heavy atom. The van der Waals surface area contributed by atoms with E-state index < -0.39 is 9.05 Å². The molecule has 5 nitrogen and oxygen atoms in total. The second kappa shape index (κ2) is 5.75. The van der Waals surface area contributed by atoms with Gasteiger partial charge in [-0.25, -0.2) is 8.42 Å². The minimum Gasteiger partial charge on any atom is -0.356 e. The van der Waals surface area contributed by atoms with E-state index in [9.17, 15) is 13.2 Å². The highest BCUT2D eigenvalue weighted by Gasteiger charge is 2.22. The largest absolute Gasteiger partial charge is 0.356 e.